The Morgan fingerprint density at radius 1 is 1.00 bits per heavy atom. The quantitative estimate of drug-likeness (QED) is 0.483. The molecule has 0 saturated heterocycles. The maximum absolute atomic E-state index is 5.29. The van der Waals surface area contributed by atoms with Crippen molar-refractivity contribution in [2.75, 3.05) is 6.61 Å². The number of hydrogen-bond acceptors (Lipinski definition) is 1. The van der Waals surface area contributed by atoms with Gasteiger partial charge >= 0.3 is 0 Å². The van der Waals surface area contributed by atoms with E-state index in [4.69, 9.17) is 4.74 Å². The van der Waals surface area contributed by atoms with E-state index in [0.29, 0.717) is 0 Å². The first-order chi connectivity index (χ1) is 7.93. The fraction of sp³-hybridized carbons (Fsp3) is 0.733. The van der Waals surface area contributed by atoms with Gasteiger partial charge in [-0.15, -0.1) is 0 Å². The third kappa shape index (κ3) is 6.71. The van der Waals surface area contributed by atoms with Crippen LogP contribution in [0.1, 0.15) is 64.2 Å². The van der Waals surface area contributed by atoms with E-state index >= 15 is 0 Å². The molecule has 0 aliphatic heterocycles. The Hall–Kier alpha value is -0.720. The van der Waals surface area contributed by atoms with Crippen molar-refractivity contribution < 1.29 is 4.74 Å². The molecule has 0 amide bonds. The number of allylic oxidation sites excluding steroid dienone is 1. The topological polar surface area (TPSA) is 9.23 Å². The summed E-state index contributed by atoms with van der Waals surface area (Å²) in [5, 5.41) is 0. The van der Waals surface area contributed by atoms with Crippen LogP contribution >= 0.6 is 0 Å². The zero-order valence-electron chi connectivity index (χ0n) is 10.5. The summed E-state index contributed by atoms with van der Waals surface area (Å²) in [5.41, 5.74) is 1.47. The molecule has 0 unspecified atom stereocenters. The lowest BCUT2D eigenvalue weighted by molar-refractivity contribution is 0.276. The largest absolute Gasteiger partial charge is 0.497 e. The molecule has 0 spiro atoms. The fourth-order valence-corrected chi connectivity index (χ4v) is 2.26. The van der Waals surface area contributed by atoms with Gasteiger partial charge in [0.2, 0.25) is 0 Å². The van der Waals surface area contributed by atoms with Gasteiger partial charge in [-0.2, -0.15) is 0 Å². The fourth-order valence-electron chi connectivity index (χ4n) is 2.26. The van der Waals surface area contributed by atoms with Crippen molar-refractivity contribution in [2.24, 2.45) is 0 Å². The maximum atomic E-state index is 5.29. The molecule has 0 fully saturated rings. The van der Waals surface area contributed by atoms with Crippen LogP contribution in [0.15, 0.2) is 24.5 Å². The average Bonchev–Trinajstić information content (AvgIpc) is 2.28. The van der Waals surface area contributed by atoms with Crippen LogP contribution in [-0.4, -0.2) is 6.61 Å². The Morgan fingerprint density at radius 3 is 2.31 bits per heavy atom. The van der Waals surface area contributed by atoms with Crippen molar-refractivity contribution in [3.05, 3.63) is 24.5 Å². The smallest absolute Gasteiger partial charge is 0.108 e. The second kappa shape index (κ2) is 9.50. The monoisotopic (exact) mass is 222 g/mol. The molecule has 1 rings (SSSR count). The molecule has 1 aliphatic carbocycles. The van der Waals surface area contributed by atoms with Gasteiger partial charge in [-0.25, -0.2) is 0 Å². The van der Waals surface area contributed by atoms with Crippen LogP contribution in [0.5, 0.6) is 0 Å². The highest BCUT2D eigenvalue weighted by atomic mass is 16.5. The first-order valence-electron chi connectivity index (χ1n) is 6.84. The molecule has 0 N–H and O–H groups in total. The molecule has 92 valence electrons. The molecule has 0 aromatic carbocycles. The predicted octanol–water partition coefficient (Wildman–Crippen LogP) is 4.99. The summed E-state index contributed by atoms with van der Waals surface area (Å²) >= 11 is 0. The molecule has 1 heteroatoms. The predicted molar refractivity (Wildman–Crippen MR) is 70.4 cm³/mol. The highest BCUT2D eigenvalue weighted by Gasteiger charge is 2.00. The van der Waals surface area contributed by atoms with Crippen molar-refractivity contribution in [3.63, 3.8) is 0 Å². The number of ether oxygens (including phenoxy) is 1. The molecule has 1 aliphatic rings. The van der Waals surface area contributed by atoms with Gasteiger partial charge in [0.05, 0.1) is 6.26 Å². The molecule has 0 aromatic rings. The molecule has 0 bridgehead atoms. The third-order valence-corrected chi connectivity index (χ3v) is 3.27. The average molecular weight is 222 g/mol. The Morgan fingerprint density at radius 2 is 1.62 bits per heavy atom. The molecule has 0 saturated carbocycles. The zero-order chi connectivity index (χ0) is 11.5. The van der Waals surface area contributed by atoms with Crippen molar-refractivity contribution in [1.82, 2.24) is 0 Å². The highest BCUT2D eigenvalue weighted by Crippen LogP contribution is 2.16. The summed E-state index contributed by atoms with van der Waals surface area (Å²) in [6.45, 7) is 4.35. The Labute approximate surface area is 101 Å². The third-order valence-electron chi connectivity index (χ3n) is 3.27. The zero-order valence-corrected chi connectivity index (χ0v) is 10.5. The van der Waals surface area contributed by atoms with Gasteiger partial charge in [0.25, 0.3) is 0 Å². The summed E-state index contributed by atoms with van der Waals surface area (Å²) in [6, 6.07) is 0. The van der Waals surface area contributed by atoms with Crippen LogP contribution in [0.25, 0.3) is 0 Å². The molecule has 16 heavy (non-hydrogen) atoms. The van der Waals surface area contributed by atoms with Gasteiger partial charge in [-0.1, -0.05) is 51.2 Å². The highest BCUT2D eigenvalue weighted by molar-refractivity contribution is 5.02. The Bertz CT molecular complexity index is 205. The van der Waals surface area contributed by atoms with Crippen LogP contribution < -0.4 is 0 Å². The number of hydrogen-bond donors (Lipinski definition) is 0. The van der Waals surface area contributed by atoms with E-state index in [9.17, 15) is 0 Å². The van der Waals surface area contributed by atoms with Crippen molar-refractivity contribution >= 4 is 0 Å². The lowest BCUT2D eigenvalue weighted by atomic mass is 10.0. The Balaban J connectivity index is 2.33. The summed E-state index contributed by atoms with van der Waals surface area (Å²) < 4.78 is 5.29. The van der Waals surface area contributed by atoms with E-state index in [2.05, 4.69) is 12.7 Å². The van der Waals surface area contributed by atoms with E-state index in [-0.39, 0.29) is 0 Å². The van der Waals surface area contributed by atoms with Crippen LogP contribution in [-0.2, 0) is 4.74 Å². The minimum atomic E-state index is 0.753. The van der Waals surface area contributed by atoms with Crippen molar-refractivity contribution in [1.29, 1.82) is 0 Å². The molecule has 1 nitrogen and oxygen atoms in total. The van der Waals surface area contributed by atoms with Crippen LogP contribution in [0, 0.1) is 0 Å². The summed E-state index contributed by atoms with van der Waals surface area (Å²) in [7, 11) is 0. The van der Waals surface area contributed by atoms with Crippen LogP contribution in [0.4, 0.5) is 0 Å². The molecular weight excluding hydrogens is 196 g/mol. The van der Waals surface area contributed by atoms with Gasteiger partial charge in [0.15, 0.2) is 0 Å². The first-order valence-corrected chi connectivity index (χ1v) is 6.84. The van der Waals surface area contributed by atoms with Gasteiger partial charge in [0.1, 0.15) is 6.61 Å². The van der Waals surface area contributed by atoms with Crippen molar-refractivity contribution in [3.8, 4) is 0 Å². The van der Waals surface area contributed by atoms with Gasteiger partial charge < -0.3 is 4.74 Å². The molecular formula is C15H26O. The van der Waals surface area contributed by atoms with E-state index < -0.39 is 0 Å². The second-order valence-corrected chi connectivity index (χ2v) is 4.71. The first kappa shape index (κ1) is 13.3. The van der Waals surface area contributed by atoms with E-state index in [1.54, 1.807) is 6.26 Å². The van der Waals surface area contributed by atoms with Gasteiger partial charge in [-0.05, 0) is 31.3 Å². The SMILES string of the molecule is C=COCC1=CCCCCCCCCCC1. The van der Waals surface area contributed by atoms with Gasteiger partial charge in [0, 0.05) is 0 Å². The van der Waals surface area contributed by atoms with Gasteiger partial charge in [-0.3, -0.25) is 0 Å². The van der Waals surface area contributed by atoms with E-state index in [0.717, 1.165) is 6.61 Å². The standard InChI is InChI=1S/C15H26O/c1-2-16-14-15-12-10-8-6-4-3-5-7-9-11-13-15/h2,12H,1,3-11,13-14H2. The minimum Gasteiger partial charge on any atom is -0.497 e. The summed E-state index contributed by atoms with van der Waals surface area (Å²) in [4.78, 5) is 0. The lowest BCUT2D eigenvalue weighted by Gasteiger charge is -2.09. The normalized spacial score (nSPS) is 20.1. The summed E-state index contributed by atoms with van der Waals surface area (Å²) in [6.07, 6.45) is 17.5. The molecule has 0 heterocycles. The second-order valence-electron chi connectivity index (χ2n) is 4.71. The van der Waals surface area contributed by atoms with Crippen molar-refractivity contribution in [2.45, 2.75) is 64.2 Å². The molecule has 0 aromatic heterocycles. The summed E-state index contributed by atoms with van der Waals surface area (Å²) in [5.74, 6) is 0. The van der Waals surface area contributed by atoms with Crippen LogP contribution in [0.3, 0.4) is 0 Å². The van der Waals surface area contributed by atoms with E-state index in [1.807, 2.05) is 0 Å². The number of rotatable bonds is 3. The minimum absolute atomic E-state index is 0.753. The maximum Gasteiger partial charge on any atom is 0.108 e. The molecule has 0 radical (unpaired) electrons. The van der Waals surface area contributed by atoms with E-state index in [1.165, 1.54) is 69.8 Å². The Kier molecular flexibility index (Phi) is 7.93. The molecule has 0 atom stereocenters. The van der Waals surface area contributed by atoms with Crippen LogP contribution in [0.2, 0.25) is 0 Å². The lowest BCUT2D eigenvalue weighted by Crippen LogP contribution is -1.95.